The van der Waals surface area contributed by atoms with E-state index >= 15 is 0 Å². The van der Waals surface area contributed by atoms with Crippen LogP contribution in [0.25, 0.3) is 0 Å². The van der Waals surface area contributed by atoms with Crippen molar-refractivity contribution in [2.75, 3.05) is 45.9 Å². The van der Waals surface area contributed by atoms with Crippen molar-refractivity contribution in [1.29, 1.82) is 0 Å². The number of aromatic nitrogens is 1. The van der Waals surface area contributed by atoms with E-state index < -0.39 is 0 Å². The van der Waals surface area contributed by atoms with Gasteiger partial charge in [-0.15, -0.1) is 24.0 Å². The van der Waals surface area contributed by atoms with Crippen molar-refractivity contribution in [2.24, 2.45) is 4.99 Å². The van der Waals surface area contributed by atoms with Crippen molar-refractivity contribution in [2.45, 2.75) is 27.3 Å². The van der Waals surface area contributed by atoms with Crippen molar-refractivity contribution in [1.82, 2.24) is 20.5 Å². The zero-order valence-corrected chi connectivity index (χ0v) is 21.0. The van der Waals surface area contributed by atoms with Gasteiger partial charge in [0.15, 0.2) is 5.96 Å². The van der Waals surface area contributed by atoms with Gasteiger partial charge in [0.05, 0.1) is 19.8 Å². The maximum atomic E-state index is 5.93. The Morgan fingerprint density at radius 2 is 1.94 bits per heavy atom. The van der Waals surface area contributed by atoms with Crippen LogP contribution < -0.4 is 15.4 Å². The lowest BCUT2D eigenvalue weighted by Crippen LogP contribution is -2.44. The van der Waals surface area contributed by atoms with Crippen LogP contribution in [0.1, 0.15) is 23.6 Å². The molecular formula is C23H34IN5O2. The number of morpholine rings is 1. The molecule has 1 aromatic heterocycles. The third-order valence-electron chi connectivity index (χ3n) is 5.09. The molecule has 7 nitrogen and oxygen atoms in total. The van der Waals surface area contributed by atoms with E-state index in [1.165, 1.54) is 11.1 Å². The third-order valence-corrected chi connectivity index (χ3v) is 5.09. The first-order chi connectivity index (χ1) is 14.6. The largest absolute Gasteiger partial charge is 0.439 e. The van der Waals surface area contributed by atoms with E-state index in [-0.39, 0.29) is 24.0 Å². The second kappa shape index (κ2) is 13.5. The van der Waals surface area contributed by atoms with Gasteiger partial charge < -0.3 is 20.1 Å². The zero-order valence-electron chi connectivity index (χ0n) is 18.7. The second-order valence-electron chi connectivity index (χ2n) is 7.43. The lowest BCUT2D eigenvalue weighted by Gasteiger charge is -2.26. The first kappa shape index (κ1) is 25.4. The lowest BCUT2D eigenvalue weighted by molar-refractivity contribution is 0.0389. The molecule has 2 heterocycles. The van der Waals surface area contributed by atoms with Gasteiger partial charge in [0.2, 0.25) is 5.88 Å². The van der Waals surface area contributed by atoms with Crippen molar-refractivity contribution in [3.63, 3.8) is 0 Å². The number of nitrogens with zero attached hydrogens (tertiary/aromatic N) is 3. The monoisotopic (exact) mass is 539 g/mol. The van der Waals surface area contributed by atoms with E-state index in [2.05, 4.69) is 47.4 Å². The number of hydrogen-bond acceptors (Lipinski definition) is 5. The Hall–Kier alpha value is -1.91. The lowest BCUT2D eigenvalue weighted by atomic mass is 10.1. The summed E-state index contributed by atoms with van der Waals surface area (Å²) in [6.45, 7) is 13.1. The Morgan fingerprint density at radius 3 is 2.68 bits per heavy atom. The molecule has 1 aromatic carbocycles. The topological polar surface area (TPSA) is 71.0 Å². The summed E-state index contributed by atoms with van der Waals surface area (Å²) >= 11 is 0. The standard InChI is InChI=1S/C23H33N5O2.HI/c1-4-24-23(26-9-10-28-11-13-29-14-12-28)27-17-20-7-8-25-22(16-20)30-21-6-5-18(2)19(3)15-21;/h5-8,15-16H,4,9-14,17H2,1-3H3,(H2,24,26,27);1H. The summed E-state index contributed by atoms with van der Waals surface area (Å²) < 4.78 is 11.3. The fourth-order valence-electron chi connectivity index (χ4n) is 3.17. The summed E-state index contributed by atoms with van der Waals surface area (Å²) in [7, 11) is 0. The number of pyridine rings is 1. The number of nitrogens with one attached hydrogen (secondary N) is 2. The Morgan fingerprint density at radius 1 is 1.13 bits per heavy atom. The summed E-state index contributed by atoms with van der Waals surface area (Å²) in [5.74, 6) is 2.19. The predicted octanol–water partition coefficient (Wildman–Crippen LogP) is 3.50. The molecule has 31 heavy (non-hydrogen) atoms. The smallest absolute Gasteiger partial charge is 0.219 e. The highest BCUT2D eigenvalue weighted by Crippen LogP contribution is 2.22. The molecule has 0 bridgehead atoms. The average Bonchev–Trinajstić information content (AvgIpc) is 2.76. The van der Waals surface area contributed by atoms with E-state index in [0.29, 0.717) is 12.4 Å². The van der Waals surface area contributed by atoms with Crippen LogP contribution >= 0.6 is 24.0 Å². The fourth-order valence-corrected chi connectivity index (χ4v) is 3.17. The molecular weight excluding hydrogens is 505 g/mol. The van der Waals surface area contributed by atoms with Crippen molar-refractivity contribution in [3.8, 4) is 11.6 Å². The predicted molar refractivity (Wildman–Crippen MR) is 136 cm³/mol. The molecule has 0 aliphatic carbocycles. The number of halogens is 1. The van der Waals surface area contributed by atoms with Crippen LogP contribution in [0, 0.1) is 13.8 Å². The van der Waals surface area contributed by atoms with E-state index in [0.717, 1.165) is 63.2 Å². The van der Waals surface area contributed by atoms with Gasteiger partial charge in [-0.3, -0.25) is 4.90 Å². The van der Waals surface area contributed by atoms with Gasteiger partial charge in [0.1, 0.15) is 5.75 Å². The first-order valence-electron chi connectivity index (χ1n) is 10.7. The number of guanidine groups is 1. The summed E-state index contributed by atoms with van der Waals surface area (Å²) in [4.78, 5) is 11.4. The molecule has 1 aliphatic heterocycles. The van der Waals surface area contributed by atoms with Crippen molar-refractivity contribution >= 4 is 29.9 Å². The van der Waals surface area contributed by atoms with Crippen molar-refractivity contribution in [3.05, 3.63) is 53.2 Å². The van der Waals surface area contributed by atoms with Crippen molar-refractivity contribution < 1.29 is 9.47 Å². The number of ether oxygens (including phenoxy) is 2. The van der Waals surface area contributed by atoms with E-state index in [4.69, 9.17) is 14.5 Å². The fraction of sp³-hybridized carbons (Fsp3) is 0.478. The number of aryl methyl sites for hydroxylation is 2. The SMILES string of the molecule is CCNC(=NCc1ccnc(Oc2ccc(C)c(C)c2)c1)NCCN1CCOCC1.I. The molecule has 2 N–H and O–H groups in total. The number of rotatable bonds is 8. The minimum absolute atomic E-state index is 0. The summed E-state index contributed by atoms with van der Waals surface area (Å²) in [6.07, 6.45) is 1.76. The third kappa shape index (κ3) is 8.62. The molecule has 0 unspecified atom stereocenters. The molecule has 0 atom stereocenters. The van der Waals surface area contributed by atoms with Crippen LogP contribution in [0.15, 0.2) is 41.5 Å². The number of hydrogen-bond donors (Lipinski definition) is 2. The van der Waals surface area contributed by atoms with E-state index in [1.807, 2.05) is 24.3 Å². The summed E-state index contributed by atoms with van der Waals surface area (Å²) in [5.41, 5.74) is 3.50. The van der Waals surface area contributed by atoms with Crippen LogP contribution in [-0.4, -0.2) is 61.8 Å². The number of aliphatic imine (C=N–C) groups is 1. The molecule has 1 aliphatic rings. The highest BCUT2D eigenvalue weighted by molar-refractivity contribution is 14.0. The molecule has 1 fully saturated rings. The van der Waals surface area contributed by atoms with E-state index in [9.17, 15) is 0 Å². The van der Waals surface area contributed by atoms with Gasteiger partial charge in [-0.25, -0.2) is 9.98 Å². The second-order valence-corrected chi connectivity index (χ2v) is 7.43. The Bertz CT molecular complexity index is 840. The minimum Gasteiger partial charge on any atom is -0.439 e. The van der Waals surface area contributed by atoms with Gasteiger partial charge in [0.25, 0.3) is 0 Å². The Labute approximate surface area is 202 Å². The average molecular weight is 539 g/mol. The van der Waals surface area contributed by atoms with Gasteiger partial charge in [0, 0.05) is 45.0 Å². The van der Waals surface area contributed by atoms with Gasteiger partial charge in [-0.05, 0) is 55.7 Å². The molecule has 0 spiro atoms. The number of benzene rings is 1. The molecule has 2 aromatic rings. The van der Waals surface area contributed by atoms with E-state index in [1.54, 1.807) is 6.20 Å². The molecule has 1 saturated heterocycles. The molecule has 0 amide bonds. The van der Waals surface area contributed by atoms with Gasteiger partial charge in [-0.1, -0.05) is 6.07 Å². The maximum Gasteiger partial charge on any atom is 0.219 e. The molecule has 8 heteroatoms. The van der Waals surface area contributed by atoms with Crippen LogP contribution in [0.3, 0.4) is 0 Å². The Balaban J connectivity index is 0.00000341. The van der Waals surface area contributed by atoms with Crippen LogP contribution in [0.2, 0.25) is 0 Å². The van der Waals surface area contributed by atoms with Crippen LogP contribution in [0.5, 0.6) is 11.6 Å². The summed E-state index contributed by atoms with van der Waals surface area (Å²) in [6, 6.07) is 9.97. The molecule has 0 saturated carbocycles. The highest BCUT2D eigenvalue weighted by Gasteiger charge is 2.09. The van der Waals surface area contributed by atoms with Gasteiger partial charge in [-0.2, -0.15) is 0 Å². The van der Waals surface area contributed by atoms with Crippen LogP contribution in [-0.2, 0) is 11.3 Å². The molecule has 0 radical (unpaired) electrons. The van der Waals surface area contributed by atoms with Crippen LogP contribution in [0.4, 0.5) is 0 Å². The maximum absolute atomic E-state index is 5.93. The van der Waals surface area contributed by atoms with Gasteiger partial charge >= 0.3 is 0 Å². The first-order valence-corrected chi connectivity index (χ1v) is 10.7. The quantitative estimate of drug-likeness (QED) is 0.304. The zero-order chi connectivity index (χ0) is 21.2. The minimum atomic E-state index is 0. The normalized spacial score (nSPS) is 14.6. The summed E-state index contributed by atoms with van der Waals surface area (Å²) in [5, 5.41) is 6.72. The molecule has 170 valence electrons. The molecule has 3 rings (SSSR count). The highest BCUT2D eigenvalue weighted by atomic mass is 127. The Kier molecular flexibility index (Phi) is 11.0.